The first kappa shape index (κ1) is 12.8. The minimum atomic E-state index is -0.662. The van der Waals surface area contributed by atoms with Crippen LogP contribution < -0.4 is 0 Å². The van der Waals surface area contributed by atoms with Gasteiger partial charge in [-0.1, -0.05) is 25.1 Å². The lowest BCUT2D eigenvalue weighted by Gasteiger charge is -2.11. The molecule has 0 saturated carbocycles. The molecule has 0 spiro atoms. The first-order valence-electron chi connectivity index (χ1n) is 6.74. The maximum atomic E-state index is 10.6. The van der Waals surface area contributed by atoms with Gasteiger partial charge in [0.25, 0.3) is 0 Å². The van der Waals surface area contributed by atoms with Crippen molar-refractivity contribution in [2.45, 2.75) is 19.4 Å². The van der Waals surface area contributed by atoms with Gasteiger partial charge in [0.05, 0.1) is 11.2 Å². The molecule has 20 heavy (non-hydrogen) atoms. The van der Waals surface area contributed by atoms with E-state index in [0.717, 1.165) is 34.1 Å². The molecule has 102 valence electrons. The van der Waals surface area contributed by atoms with Crippen molar-refractivity contribution in [1.29, 1.82) is 0 Å². The predicted molar refractivity (Wildman–Crippen MR) is 78.4 cm³/mol. The van der Waals surface area contributed by atoms with E-state index >= 15 is 0 Å². The molecule has 0 radical (unpaired) electrons. The van der Waals surface area contributed by atoms with Gasteiger partial charge in [-0.05, 0) is 24.1 Å². The molecule has 4 heteroatoms. The summed E-state index contributed by atoms with van der Waals surface area (Å²) in [6, 6.07) is 9.80. The highest BCUT2D eigenvalue weighted by atomic mass is 16.3. The molecular formula is C16H17N3O. The molecular weight excluding hydrogens is 250 g/mol. The number of rotatable bonds is 3. The molecule has 3 aromatic rings. The largest absolute Gasteiger partial charge is 0.384 e. The van der Waals surface area contributed by atoms with Crippen molar-refractivity contribution < 1.29 is 5.11 Å². The zero-order valence-corrected chi connectivity index (χ0v) is 11.6. The highest BCUT2D eigenvalue weighted by Gasteiger charge is 2.17. The number of benzene rings is 1. The molecule has 1 aromatic carbocycles. The summed E-state index contributed by atoms with van der Waals surface area (Å²) in [4.78, 5) is 4.33. The minimum absolute atomic E-state index is 0.662. The fraction of sp³-hybridized carbons (Fsp3) is 0.250. The molecule has 0 aliphatic heterocycles. The summed E-state index contributed by atoms with van der Waals surface area (Å²) in [5, 5.41) is 16.0. The average molecular weight is 267 g/mol. The van der Waals surface area contributed by atoms with Crippen LogP contribution in [0.15, 0.2) is 42.7 Å². The fourth-order valence-corrected chi connectivity index (χ4v) is 2.49. The van der Waals surface area contributed by atoms with Crippen molar-refractivity contribution in [2.24, 2.45) is 7.05 Å². The number of aliphatic hydroxyl groups is 1. The topological polar surface area (TPSA) is 50.9 Å². The Balaban J connectivity index is 2.05. The number of aryl methyl sites for hydroxylation is 2. The van der Waals surface area contributed by atoms with Crippen LogP contribution in [0.4, 0.5) is 0 Å². The highest BCUT2D eigenvalue weighted by Crippen LogP contribution is 2.26. The Morgan fingerprint density at radius 1 is 1.30 bits per heavy atom. The van der Waals surface area contributed by atoms with Gasteiger partial charge in [0, 0.05) is 30.4 Å². The van der Waals surface area contributed by atoms with Gasteiger partial charge in [0.1, 0.15) is 6.10 Å². The molecule has 1 N–H and O–H groups in total. The molecule has 0 amide bonds. The third-order valence-electron chi connectivity index (χ3n) is 3.51. The molecule has 0 saturated heterocycles. The van der Waals surface area contributed by atoms with E-state index in [9.17, 15) is 5.11 Å². The smallest absolute Gasteiger partial charge is 0.107 e. The average Bonchev–Trinajstić information content (AvgIpc) is 2.87. The van der Waals surface area contributed by atoms with Crippen molar-refractivity contribution >= 4 is 10.9 Å². The van der Waals surface area contributed by atoms with Gasteiger partial charge in [-0.3, -0.25) is 9.67 Å². The Morgan fingerprint density at radius 2 is 2.15 bits per heavy atom. The summed E-state index contributed by atoms with van der Waals surface area (Å²) in [6.45, 7) is 2.04. The zero-order valence-electron chi connectivity index (χ0n) is 11.6. The molecule has 0 aliphatic carbocycles. The Morgan fingerprint density at radius 3 is 2.95 bits per heavy atom. The van der Waals surface area contributed by atoms with Crippen LogP contribution in [0.5, 0.6) is 0 Å². The van der Waals surface area contributed by atoms with Crippen LogP contribution in [-0.2, 0) is 13.5 Å². The normalized spacial score (nSPS) is 12.8. The zero-order chi connectivity index (χ0) is 14.1. The summed E-state index contributed by atoms with van der Waals surface area (Å²) in [6.07, 6.45) is 3.79. The van der Waals surface area contributed by atoms with Crippen LogP contribution in [0.2, 0.25) is 0 Å². The summed E-state index contributed by atoms with van der Waals surface area (Å²) < 4.78 is 1.75. The first-order valence-corrected chi connectivity index (χ1v) is 6.74. The van der Waals surface area contributed by atoms with E-state index in [1.54, 1.807) is 10.9 Å². The van der Waals surface area contributed by atoms with Gasteiger partial charge in [0.2, 0.25) is 0 Å². The Kier molecular flexibility index (Phi) is 3.24. The van der Waals surface area contributed by atoms with Crippen LogP contribution >= 0.6 is 0 Å². The van der Waals surface area contributed by atoms with Gasteiger partial charge in [0.15, 0.2) is 0 Å². The predicted octanol–water partition coefficient (Wildman–Crippen LogP) is 2.61. The number of nitrogens with zero attached hydrogens (tertiary/aromatic N) is 3. The van der Waals surface area contributed by atoms with E-state index in [1.807, 2.05) is 50.5 Å². The second-order valence-corrected chi connectivity index (χ2v) is 4.92. The molecule has 4 nitrogen and oxygen atoms in total. The Hall–Kier alpha value is -2.20. The molecule has 2 heterocycles. The van der Waals surface area contributed by atoms with Gasteiger partial charge in [-0.25, -0.2) is 0 Å². The van der Waals surface area contributed by atoms with E-state index in [-0.39, 0.29) is 0 Å². The maximum Gasteiger partial charge on any atom is 0.107 e. The number of aromatic nitrogens is 3. The van der Waals surface area contributed by atoms with E-state index < -0.39 is 6.10 Å². The second-order valence-electron chi connectivity index (χ2n) is 4.92. The summed E-state index contributed by atoms with van der Waals surface area (Å²) in [5.41, 5.74) is 3.54. The fourth-order valence-electron chi connectivity index (χ4n) is 2.49. The Bertz CT molecular complexity index is 748. The van der Waals surface area contributed by atoms with Gasteiger partial charge in [-0.2, -0.15) is 5.10 Å². The van der Waals surface area contributed by atoms with Crippen molar-refractivity contribution in [1.82, 2.24) is 14.8 Å². The molecule has 0 aliphatic rings. The maximum absolute atomic E-state index is 10.6. The van der Waals surface area contributed by atoms with Crippen LogP contribution in [0.25, 0.3) is 10.9 Å². The monoisotopic (exact) mass is 267 g/mol. The van der Waals surface area contributed by atoms with Crippen molar-refractivity contribution in [3.05, 3.63) is 59.5 Å². The SMILES string of the molecule is CCc1nn(C)cc1C(O)c1ccc2cccnc2c1. The molecule has 0 fully saturated rings. The standard InChI is InChI=1S/C16H17N3O/c1-3-14-13(10-19(2)18-14)16(20)12-7-6-11-5-4-8-17-15(11)9-12/h4-10,16,20H,3H2,1-2H3. The van der Waals surface area contributed by atoms with Crippen molar-refractivity contribution in [3.63, 3.8) is 0 Å². The van der Waals surface area contributed by atoms with E-state index in [0.29, 0.717) is 0 Å². The van der Waals surface area contributed by atoms with Crippen LogP contribution in [0.1, 0.15) is 29.8 Å². The number of hydrogen-bond acceptors (Lipinski definition) is 3. The third-order valence-corrected chi connectivity index (χ3v) is 3.51. The van der Waals surface area contributed by atoms with Crippen molar-refractivity contribution in [2.75, 3.05) is 0 Å². The lowest BCUT2D eigenvalue weighted by Crippen LogP contribution is -2.01. The molecule has 1 atom stereocenters. The van der Waals surface area contributed by atoms with E-state index in [4.69, 9.17) is 0 Å². The minimum Gasteiger partial charge on any atom is -0.384 e. The lowest BCUT2D eigenvalue weighted by atomic mass is 10.00. The highest BCUT2D eigenvalue weighted by molar-refractivity contribution is 5.79. The second kappa shape index (κ2) is 5.06. The van der Waals surface area contributed by atoms with E-state index in [1.165, 1.54) is 0 Å². The number of fused-ring (bicyclic) bond motifs is 1. The van der Waals surface area contributed by atoms with Gasteiger partial charge < -0.3 is 5.11 Å². The number of hydrogen-bond donors (Lipinski definition) is 1. The van der Waals surface area contributed by atoms with Crippen molar-refractivity contribution in [3.8, 4) is 0 Å². The first-order chi connectivity index (χ1) is 9.69. The molecule has 0 bridgehead atoms. The number of aliphatic hydroxyl groups excluding tert-OH is 1. The summed E-state index contributed by atoms with van der Waals surface area (Å²) in [5.74, 6) is 0. The summed E-state index contributed by atoms with van der Waals surface area (Å²) >= 11 is 0. The lowest BCUT2D eigenvalue weighted by molar-refractivity contribution is 0.219. The van der Waals surface area contributed by atoms with Crippen LogP contribution in [0.3, 0.4) is 0 Å². The number of pyridine rings is 1. The van der Waals surface area contributed by atoms with Gasteiger partial charge in [-0.15, -0.1) is 0 Å². The quantitative estimate of drug-likeness (QED) is 0.793. The Labute approximate surface area is 117 Å². The van der Waals surface area contributed by atoms with E-state index in [2.05, 4.69) is 10.1 Å². The van der Waals surface area contributed by atoms with Crippen LogP contribution in [-0.4, -0.2) is 19.9 Å². The molecule has 1 unspecified atom stereocenters. The van der Waals surface area contributed by atoms with Gasteiger partial charge >= 0.3 is 0 Å². The van der Waals surface area contributed by atoms with Crippen LogP contribution in [0, 0.1) is 0 Å². The third kappa shape index (κ3) is 2.18. The molecule has 2 aromatic heterocycles. The summed E-state index contributed by atoms with van der Waals surface area (Å²) in [7, 11) is 1.87. The molecule has 3 rings (SSSR count).